The van der Waals surface area contributed by atoms with Crippen LogP contribution in [0.25, 0.3) is 0 Å². The number of nitrogens with one attached hydrogen (secondary N) is 3. The number of hydrogen-bond donors (Lipinski definition) is 3. The minimum atomic E-state index is -0.446. The minimum absolute atomic E-state index is 0.0973. The molecule has 7 nitrogen and oxygen atoms in total. The predicted octanol–water partition coefficient (Wildman–Crippen LogP) is 1.98. The maximum absolute atomic E-state index is 12.4. The van der Waals surface area contributed by atoms with E-state index >= 15 is 0 Å². The molecule has 1 aliphatic rings. The van der Waals surface area contributed by atoms with Crippen LogP contribution in [-0.2, 0) is 9.59 Å². The molecule has 0 radical (unpaired) electrons. The number of carbonyl (C=O) groups excluding carboxylic acids is 2. The summed E-state index contributed by atoms with van der Waals surface area (Å²) in [5.74, 6) is 0.416. The van der Waals surface area contributed by atoms with E-state index in [0.717, 1.165) is 13.0 Å². The lowest BCUT2D eigenvalue weighted by atomic mass is 10.1. The molecular weight excluding hydrogens is 364 g/mol. The number of hydrazine groups is 1. The van der Waals surface area contributed by atoms with E-state index in [9.17, 15) is 9.59 Å². The van der Waals surface area contributed by atoms with Crippen molar-refractivity contribution in [2.24, 2.45) is 11.8 Å². The molecule has 0 spiro atoms. The fraction of sp³-hybridized carbons (Fsp3) is 0.526. The Morgan fingerprint density at radius 2 is 2.07 bits per heavy atom. The second kappa shape index (κ2) is 10.1. The third-order valence-corrected chi connectivity index (χ3v) is 4.50. The number of ether oxygens (including phenoxy) is 1. The Kier molecular flexibility index (Phi) is 7.84. The number of thiocarbonyl (C=S) groups is 1. The van der Waals surface area contributed by atoms with Crippen molar-refractivity contribution in [3.8, 4) is 5.75 Å². The van der Waals surface area contributed by atoms with Crippen LogP contribution in [-0.4, -0.2) is 36.6 Å². The van der Waals surface area contributed by atoms with E-state index in [0.29, 0.717) is 35.6 Å². The first-order chi connectivity index (χ1) is 12.9. The maximum atomic E-state index is 12.4. The van der Waals surface area contributed by atoms with Crippen molar-refractivity contribution in [3.05, 3.63) is 24.3 Å². The van der Waals surface area contributed by atoms with E-state index in [1.54, 1.807) is 4.90 Å². The van der Waals surface area contributed by atoms with Gasteiger partial charge in [-0.15, -0.1) is 0 Å². The summed E-state index contributed by atoms with van der Waals surface area (Å²) in [5.41, 5.74) is 5.99. The third kappa shape index (κ3) is 6.09. The van der Waals surface area contributed by atoms with E-state index in [1.165, 1.54) is 0 Å². The number of para-hydroxylation sites is 2. The number of hydrogen-bond acceptors (Lipinski definition) is 4. The van der Waals surface area contributed by atoms with Gasteiger partial charge in [0.15, 0.2) is 5.11 Å². The number of carbonyl (C=O) groups is 2. The monoisotopic (exact) mass is 392 g/mol. The van der Waals surface area contributed by atoms with Crippen molar-refractivity contribution in [1.82, 2.24) is 16.2 Å². The number of nitrogens with zero attached hydrogens (tertiary/aromatic N) is 1. The molecule has 0 saturated carbocycles. The van der Waals surface area contributed by atoms with Crippen molar-refractivity contribution in [1.29, 1.82) is 0 Å². The van der Waals surface area contributed by atoms with Crippen molar-refractivity contribution in [2.45, 2.75) is 33.6 Å². The predicted molar refractivity (Wildman–Crippen MR) is 109 cm³/mol. The molecule has 0 unspecified atom stereocenters. The topological polar surface area (TPSA) is 82.7 Å². The van der Waals surface area contributed by atoms with Crippen LogP contribution in [0, 0.1) is 11.8 Å². The lowest BCUT2D eigenvalue weighted by molar-refractivity contribution is -0.126. The highest BCUT2D eigenvalue weighted by molar-refractivity contribution is 7.80. The lowest BCUT2D eigenvalue weighted by Crippen LogP contribution is -2.49. The molecular formula is C19H28N4O3S. The van der Waals surface area contributed by atoms with Gasteiger partial charge in [0.1, 0.15) is 5.75 Å². The summed E-state index contributed by atoms with van der Waals surface area (Å²) >= 11 is 5.14. The van der Waals surface area contributed by atoms with Crippen LogP contribution < -0.4 is 25.8 Å². The van der Waals surface area contributed by atoms with Crippen molar-refractivity contribution in [2.75, 3.05) is 24.6 Å². The summed E-state index contributed by atoms with van der Waals surface area (Å²) in [6, 6.07) is 7.36. The largest absolute Gasteiger partial charge is 0.492 e. The van der Waals surface area contributed by atoms with Gasteiger partial charge in [-0.25, -0.2) is 0 Å². The molecule has 8 heteroatoms. The normalized spacial score (nSPS) is 16.4. The summed E-state index contributed by atoms with van der Waals surface area (Å²) in [7, 11) is 0. The highest BCUT2D eigenvalue weighted by Gasteiger charge is 2.36. The van der Waals surface area contributed by atoms with Gasteiger partial charge in [0.2, 0.25) is 11.8 Å². The SMILES string of the molecule is CCOc1ccccc1N1C[C@@H](C(=O)NNC(=S)NCCC(C)C)CC1=O. The highest BCUT2D eigenvalue weighted by atomic mass is 32.1. The quantitative estimate of drug-likeness (QED) is 0.486. The smallest absolute Gasteiger partial charge is 0.243 e. The van der Waals surface area contributed by atoms with Crippen LogP contribution in [0.1, 0.15) is 33.6 Å². The third-order valence-electron chi connectivity index (χ3n) is 4.26. The molecule has 0 aromatic heterocycles. The first-order valence-corrected chi connectivity index (χ1v) is 9.69. The van der Waals surface area contributed by atoms with Crippen LogP contribution in [0.3, 0.4) is 0 Å². The molecule has 2 amide bonds. The Balaban J connectivity index is 1.88. The molecule has 1 aromatic carbocycles. The van der Waals surface area contributed by atoms with Gasteiger partial charge in [-0.1, -0.05) is 26.0 Å². The van der Waals surface area contributed by atoms with E-state index in [1.807, 2.05) is 31.2 Å². The first kappa shape index (κ1) is 21.0. The zero-order valence-electron chi connectivity index (χ0n) is 16.1. The molecule has 0 bridgehead atoms. The molecule has 2 rings (SSSR count). The molecule has 27 heavy (non-hydrogen) atoms. The molecule has 1 fully saturated rings. The molecule has 148 valence electrons. The van der Waals surface area contributed by atoms with Gasteiger partial charge in [-0.05, 0) is 43.6 Å². The summed E-state index contributed by atoms with van der Waals surface area (Å²) < 4.78 is 5.59. The fourth-order valence-corrected chi connectivity index (χ4v) is 2.97. The van der Waals surface area contributed by atoms with Gasteiger partial charge in [0.05, 0.1) is 18.2 Å². The number of rotatable bonds is 7. The van der Waals surface area contributed by atoms with E-state index in [2.05, 4.69) is 30.0 Å². The Labute approximate surface area is 165 Å². The molecule has 1 atom stereocenters. The van der Waals surface area contributed by atoms with E-state index in [-0.39, 0.29) is 18.2 Å². The Hall–Kier alpha value is -2.35. The average Bonchev–Trinajstić information content (AvgIpc) is 3.02. The molecule has 3 N–H and O–H groups in total. The second-order valence-corrected chi connectivity index (χ2v) is 7.27. The number of amides is 2. The zero-order valence-corrected chi connectivity index (χ0v) is 16.9. The minimum Gasteiger partial charge on any atom is -0.492 e. The van der Waals surface area contributed by atoms with Crippen LogP contribution in [0.2, 0.25) is 0 Å². The van der Waals surface area contributed by atoms with Gasteiger partial charge >= 0.3 is 0 Å². The van der Waals surface area contributed by atoms with Gasteiger partial charge in [0, 0.05) is 19.5 Å². The number of benzene rings is 1. The lowest BCUT2D eigenvalue weighted by Gasteiger charge is -2.20. The summed E-state index contributed by atoms with van der Waals surface area (Å²) in [6.45, 7) is 7.71. The molecule has 1 heterocycles. The van der Waals surface area contributed by atoms with Crippen LogP contribution >= 0.6 is 12.2 Å². The average molecular weight is 393 g/mol. The van der Waals surface area contributed by atoms with Gasteiger partial charge in [-0.3, -0.25) is 20.4 Å². The van der Waals surface area contributed by atoms with Gasteiger partial charge in [0.25, 0.3) is 0 Å². The molecule has 1 aromatic rings. The van der Waals surface area contributed by atoms with Gasteiger partial charge < -0.3 is 15.0 Å². The van der Waals surface area contributed by atoms with Crippen molar-refractivity contribution in [3.63, 3.8) is 0 Å². The summed E-state index contributed by atoms with van der Waals surface area (Å²) in [4.78, 5) is 26.4. The molecule has 1 aliphatic heterocycles. The Morgan fingerprint density at radius 3 is 2.78 bits per heavy atom. The number of anilines is 1. The van der Waals surface area contributed by atoms with Crippen LogP contribution in [0.4, 0.5) is 5.69 Å². The first-order valence-electron chi connectivity index (χ1n) is 9.28. The van der Waals surface area contributed by atoms with Crippen LogP contribution in [0.5, 0.6) is 5.75 Å². The maximum Gasteiger partial charge on any atom is 0.243 e. The second-order valence-electron chi connectivity index (χ2n) is 6.86. The summed E-state index contributed by atoms with van der Waals surface area (Å²) in [5, 5.41) is 3.40. The zero-order chi connectivity index (χ0) is 19.8. The van der Waals surface area contributed by atoms with Crippen LogP contribution in [0.15, 0.2) is 24.3 Å². The highest BCUT2D eigenvalue weighted by Crippen LogP contribution is 2.32. The fourth-order valence-electron chi connectivity index (χ4n) is 2.81. The standard InChI is InChI=1S/C19H28N4O3S/c1-4-26-16-8-6-5-7-15(16)23-12-14(11-17(23)24)18(25)21-22-19(27)20-10-9-13(2)3/h5-8,13-14H,4,9-12H2,1-3H3,(H,21,25)(H2,20,22,27)/t14-/m0/s1. The summed E-state index contributed by atoms with van der Waals surface area (Å²) in [6.07, 6.45) is 1.14. The Bertz CT molecular complexity index is 681. The van der Waals surface area contributed by atoms with E-state index < -0.39 is 5.92 Å². The Morgan fingerprint density at radius 1 is 1.33 bits per heavy atom. The molecule has 0 aliphatic carbocycles. The molecule has 1 saturated heterocycles. The van der Waals surface area contributed by atoms with Gasteiger partial charge in [-0.2, -0.15) is 0 Å². The van der Waals surface area contributed by atoms with Crippen molar-refractivity contribution >= 4 is 34.8 Å². The van der Waals surface area contributed by atoms with Crippen molar-refractivity contribution < 1.29 is 14.3 Å². The van der Waals surface area contributed by atoms with E-state index in [4.69, 9.17) is 17.0 Å².